The van der Waals surface area contributed by atoms with Crippen LogP contribution in [0, 0.1) is 0 Å². The van der Waals surface area contributed by atoms with Crippen molar-refractivity contribution in [1.29, 1.82) is 0 Å². The fourth-order valence-electron chi connectivity index (χ4n) is 2.04. The van der Waals surface area contributed by atoms with Gasteiger partial charge in [0.25, 0.3) is 5.24 Å². The first kappa shape index (κ1) is 12.2. The maximum atomic E-state index is 13.8. The Morgan fingerprint density at radius 2 is 2.18 bits per heavy atom. The summed E-state index contributed by atoms with van der Waals surface area (Å²) in [5.41, 5.74) is 0. The molecule has 94 valence electrons. The standard InChI is InChI=1S/C9H11FN2O4S/c10-5-3-11(8(14)15)2-1-6(5)12-7(13)4-17-9(12)16/h5-6H,1-4H2,(H,14,15)/t5-,6-/m1/s1. The van der Waals surface area contributed by atoms with Crippen LogP contribution >= 0.6 is 11.8 Å². The molecule has 1 N–H and O–H groups in total. The molecular formula is C9H11FN2O4S. The third kappa shape index (κ3) is 2.21. The molecular weight excluding hydrogens is 251 g/mol. The fraction of sp³-hybridized carbons (Fsp3) is 0.667. The summed E-state index contributed by atoms with van der Waals surface area (Å²) in [7, 11) is 0. The molecule has 2 aliphatic heterocycles. The number of rotatable bonds is 1. The van der Waals surface area contributed by atoms with E-state index in [4.69, 9.17) is 5.11 Å². The number of nitrogens with zero attached hydrogens (tertiary/aromatic N) is 2. The summed E-state index contributed by atoms with van der Waals surface area (Å²) in [6.07, 6.45) is -2.53. The fourth-order valence-corrected chi connectivity index (χ4v) is 2.80. The van der Waals surface area contributed by atoms with E-state index in [2.05, 4.69) is 0 Å². The lowest BCUT2D eigenvalue weighted by Gasteiger charge is -2.36. The van der Waals surface area contributed by atoms with Crippen molar-refractivity contribution in [3.63, 3.8) is 0 Å². The van der Waals surface area contributed by atoms with E-state index in [0.717, 1.165) is 21.6 Å². The number of piperidine rings is 1. The summed E-state index contributed by atoms with van der Waals surface area (Å²) in [5.74, 6) is -0.346. The summed E-state index contributed by atoms with van der Waals surface area (Å²) in [5, 5.41) is 8.28. The zero-order valence-corrected chi connectivity index (χ0v) is 9.65. The second-order valence-electron chi connectivity index (χ2n) is 3.92. The van der Waals surface area contributed by atoms with Gasteiger partial charge in [0.1, 0.15) is 6.17 Å². The van der Waals surface area contributed by atoms with Crippen LogP contribution in [0.4, 0.5) is 14.0 Å². The average Bonchev–Trinajstić information content (AvgIpc) is 2.59. The molecule has 0 unspecified atom stereocenters. The molecule has 17 heavy (non-hydrogen) atoms. The number of hydrogen-bond donors (Lipinski definition) is 1. The van der Waals surface area contributed by atoms with Crippen molar-refractivity contribution in [3.8, 4) is 0 Å². The van der Waals surface area contributed by atoms with E-state index >= 15 is 0 Å². The van der Waals surface area contributed by atoms with E-state index in [1.54, 1.807) is 0 Å². The maximum absolute atomic E-state index is 13.8. The Morgan fingerprint density at radius 1 is 1.47 bits per heavy atom. The number of carbonyl (C=O) groups excluding carboxylic acids is 2. The van der Waals surface area contributed by atoms with Gasteiger partial charge in [0.2, 0.25) is 5.91 Å². The molecule has 2 heterocycles. The minimum atomic E-state index is -1.51. The van der Waals surface area contributed by atoms with Crippen LogP contribution in [0.15, 0.2) is 0 Å². The number of imide groups is 1. The van der Waals surface area contributed by atoms with E-state index in [0.29, 0.717) is 0 Å². The van der Waals surface area contributed by atoms with Gasteiger partial charge in [-0.05, 0) is 6.42 Å². The van der Waals surface area contributed by atoms with Crippen LogP contribution in [0.2, 0.25) is 0 Å². The number of carboxylic acid groups (broad SMARTS) is 1. The number of likely N-dealkylation sites (tertiary alicyclic amines) is 1. The number of halogens is 1. The molecule has 0 radical (unpaired) electrons. The SMILES string of the molecule is O=C(O)N1CC[C@@H](N2C(=O)CSC2=O)[C@H](F)C1. The highest BCUT2D eigenvalue weighted by Crippen LogP contribution is 2.28. The average molecular weight is 262 g/mol. The zero-order valence-electron chi connectivity index (χ0n) is 8.84. The Labute approximate surface area is 101 Å². The van der Waals surface area contributed by atoms with E-state index in [1.165, 1.54) is 0 Å². The van der Waals surface area contributed by atoms with Gasteiger partial charge in [-0.15, -0.1) is 0 Å². The van der Waals surface area contributed by atoms with Crippen LogP contribution in [0.1, 0.15) is 6.42 Å². The molecule has 0 aromatic rings. The first-order valence-corrected chi connectivity index (χ1v) is 6.10. The molecule has 2 rings (SSSR count). The van der Waals surface area contributed by atoms with E-state index in [9.17, 15) is 18.8 Å². The predicted octanol–water partition coefficient (Wildman–Crippen LogP) is 0.772. The van der Waals surface area contributed by atoms with Crippen molar-refractivity contribution >= 4 is 29.0 Å². The minimum absolute atomic E-state index is 0.0463. The lowest BCUT2D eigenvalue weighted by molar-refractivity contribution is -0.128. The minimum Gasteiger partial charge on any atom is -0.465 e. The second kappa shape index (κ2) is 4.52. The summed E-state index contributed by atoms with van der Waals surface area (Å²) in [6.45, 7) is -0.149. The molecule has 0 aromatic carbocycles. The number of thioether (sulfide) groups is 1. The van der Waals surface area contributed by atoms with E-state index in [1.807, 2.05) is 0 Å². The molecule has 2 saturated heterocycles. The molecule has 0 aromatic heterocycles. The Bertz CT molecular complexity index is 362. The highest BCUT2D eigenvalue weighted by molar-refractivity contribution is 8.14. The van der Waals surface area contributed by atoms with Crippen LogP contribution < -0.4 is 0 Å². The van der Waals surface area contributed by atoms with Gasteiger partial charge >= 0.3 is 6.09 Å². The van der Waals surface area contributed by atoms with Crippen molar-refractivity contribution in [2.24, 2.45) is 0 Å². The van der Waals surface area contributed by atoms with Crippen LogP contribution in [0.25, 0.3) is 0 Å². The molecule has 0 aliphatic carbocycles. The van der Waals surface area contributed by atoms with Crippen molar-refractivity contribution in [3.05, 3.63) is 0 Å². The number of carbonyl (C=O) groups is 3. The highest BCUT2D eigenvalue weighted by atomic mass is 32.2. The van der Waals surface area contributed by atoms with Crippen molar-refractivity contribution in [2.45, 2.75) is 18.6 Å². The molecule has 0 bridgehead atoms. The molecule has 2 aliphatic rings. The Balaban J connectivity index is 2.06. The first-order valence-electron chi connectivity index (χ1n) is 5.11. The summed E-state index contributed by atoms with van der Waals surface area (Å²) in [6, 6.07) is -0.819. The highest BCUT2D eigenvalue weighted by Gasteiger charge is 2.43. The lowest BCUT2D eigenvalue weighted by Crippen LogP contribution is -2.54. The quantitative estimate of drug-likeness (QED) is 0.755. The largest absolute Gasteiger partial charge is 0.465 e. The number of amides is 3. The molecule has 2 fully saturated rings. The van der Waals surface area contributed by atoms with Crippen molar-refractivity contribution < 1.29 is 23.9 Å². The summed E-state index contributed by atoms with van der Waals surface area (Å²) < 4.78 is 13.8. The van der Waals surface area contributed by atoms with Crippen molar-refractivity contribution in [1.82, 2.24) is 9.80 Å². The predicted molar refractivity (Wildman–Crippen MR) is 57.6 cm³/mol. The Morgan fingerprint density at radius 3 is 2.65 bits per heavy atom. The Hall–Kier alpha value is -1.31. The van der Waals surface area contributed by atoms with Gasteiger partial charge in [0.15, 0.2) is 0 Å². The second-order valence-corrected chi connectivity index (χ2v) is 4.85. The molecule has 8 heteroatoms. The van der Waals surface area contributed by atoms with Gasteiger partial charge in [-0.2, -0.15) is 0 Å². The third-order valence-electron chi connectivity index (χ3n) is 2.89. The van der Waals surface area contributed by atoms with Gasteiger partial charge < -0.3 is 10.0 Å². The molecule has 0 spiro atoms. The normalized spacial score (nSPS) is 29.9. The monoisotopic (exact) mass is 262 g/mol. The van der Waals surface area contributed by atoms with Gasteiger partial charge in [0.05, 0.1) is 18.3 Å². The molecule has 2 atom stereocenters. The Kier molecular flexibility index (Phi) is 3.23. The van der Waals surface area contributed by atoms with Crippen LogP contribution in [0.3, 0.4) is 0 Å². The van der Waals surface area contributed by atoms with Crippen LogP contribution in [0.5, 0.6) is 0 Å². The van der Waals surface area contributed by atoms with Crippen LogP contribution in [-0.4, -0.2) is 63.2 Å². The van der Waals surface area contributed by atoms with Gasteiger partial charge in [0, 0.05) is 6.54 Å². The van der Waals surface area contributed by atoms with Gasteiger partial charge in [-0.3, -0.25) is 14.5 Å². The summed E-state index contributed by atoms with van der Waals surface area (Å²) in [4.78, 5) is 35.4. The third-order valence-corrected chi connectivity index (χ3v) is 3.73. The first-order chi connectivity index (χ1) is 8.00. The van der Waals surface area contributed by atoms with E-state index in [-0.39, 0.29) is 25.3 Å². The van der Waals surface area contributed by atoms with Gasteiger partial charge in [-0.1, -0.05) is 11.8 Å². The smallest absolute Gasteiger partial charge is 0.407 e. The molecule has 0 saturated carbocycles. The topological polar surface area (TPSA) is 77.9 Å². The maximum Gasteiger partial charge on any atom is 0.407 e. The lowest BCUT2D eigenvalue weighted by atomic mass is 10.0. The van der Waals surface area contributed by atoms with Crippen molar-refractivity contribution in [2.75, 3.05) is 18.8 Å². The zero-order chi connectivity index (χ0) is 12.6. The van der Waals surface area contributed by atoms with E-state index < -0.39 is 29.5 Å². The molecule has 3 amide bonds. The summed E-state index contributed by atoms with van der Waals surface area (Å²) >= 11 is 0.857. The number of alkyl halides is 1. The van der Waals surface area contributed by atoms with Crippen LogP contribution in [-0.2, 0) is 4.79 Å². The van der Waals surface area contributed by atoms with Gasteiger partial charge in [-0.25, -0.2) is 9.18 Å². The molecule has 6 nitrogen and oxygen atoms in total. The number of hydrogen-bond acceptors (Lipinski definition) is 4.